The summed E-state index contributed by atoms with van der Waals surface area (Å²) in [5, 5.41) is 0. The maximum Gasteiger partial charge on any atom is 0.138 e. The Bertz CT molecular complexity index is 4520. The first-order valence-electron chi connectivity index (χ1n) is 25.6. The Morgan fingerprint density at radius 3 is 1.24 bits per heavy atom. The fourth-order valence-corrected chi connectivity index (χ4v) is 11.5. The number of nitrogens with one attached hydrogen (secondary N) is 4. The summed E-state index contributed by atoms with van der Waals surface area (Å²) in [4.78, 5) is 33.6. The number of hydrogen-bond acceptors (Lipinski definition) is 5. The van der Waals surface area contributed by atoms with Gasteiger partial charge in [-0.3, -0.25) is 0 Å². The zero-order valence-corrected chi connectivity index (χ0v) is 44.9. The van der Waals surface area contributed by atoms with E-state index >= 15 is 0 Å². The number of rotatable bonds is 9. The summed E-state index contributed by atoms with van der Waals surface area (Å²) >= 11 is 0. The predicted molar refractivity (Wildman–Crippen MR) is 312 cm³/mol. The predicted octanol–water partition coefficient (Wildman–Crippen LogP) is 16.9. The van der Waals surface area contributed by atoms with Crippen LogP contribution in [0, 0.1) is 13.8 Å². The van der Waals surface area contributed by atoms with Crippen LogP contribution in [0.1, 0.15) is 41.1 Å². The second-order valence-corrected chi connectivity index (χ2v) is 19.9. The number of fused-ring (bicyclic) bond motifs is 7. The van der Waals surface area contributed by atoms with Gasteiger partial charge in [-0.15, -0.1) is 0 Å². The van der Waals surface area contributed by atoms with E-state index in [1.165, 1.54) is 38.9 Å². The minimum Gasteiger partial charge on any atom is -0.457 e. The van der Waals surface area contributed by atoms with Crippen molar-refractivity contribution in [3.8, 4) is 79.0 Å². The van der Waals surface area contributed by atoms with Gasteiger partial charge >= 0.3 is 0 Å². The molecule has 0 aliphatic heterocycles. The summed E-state index contributed by atoms with van der Waals surface area (Å²) in [6, 6.07) is 77.2. The second-order valence-electron chi connectivity index (χ2n) is 19.9. The summed E-state index contributed by atoms with van der Waals surface area (Å²) in [6.07, 6.45) is 0. The largest absolute Gasteiger partial charge is 0.457 e. The number of benzene rings is 10. The zero-order chi connectivity index (χ0) is 50.5. The van der Waals surface area contributed by atoms with Gasteiger partial charge in [0.15, 0.2) is 0 Å². The van der Waals surface area contributed by atoms with E-state index in [0.29, 0.717) is 0 Å². The summed E-state index contributed by atoms with van der Waals surface area (Å²) in [6.45, 7) is 4.12. The molecule has 9 nitrogen and oxygen atoms in total. The van der Waals surface area contributed by atoms with Crippen LogP contribution >= 0.6 is 0 Å². The van der Waals surface area contributed by atoms with E-state index in [2.05, 4.69) is 202 Å². The summed E-state index contributed by atoms with van der Waals surface area (Å²) in [5.74, 6) is 4.80. The van der Waals surface area contributed by atoms with Gasteiger partial charge in [0.25, 0.3) is 0 Å². The van der Waals surface area contributed by atoms with Gasteiger partial charge in [0.1, 0.15) is 34.8 Å². The number of aromatic amines is 4. The van der Waals surface area contributed by atoms with Crippen LogP contribution in [0.3, 0.4) is 0 Å². The molecule has 0 saturated carbocycles. The second kappa shape index (κ2) is 19.2. The van der Waals surface area contributed by atoms with Crippen molar-refractivity contribution in [1.82, 2.24) is 39.9 Å². The Kier molecular flexibility index (Phi) is 12.0. The van der Waals surface area contributed by atoms with Crippen molar-refractivity contribution >= 4 is 44.1 Å². The van der Waals surface area contributed by atoms with E-state index < -0.39 is 5.41 Å². The Labute approximate surface area is 475 Å². The molecule has 1 aliphatic carbocycles. The molecule has 0 fully saturated rings. The molecule has 0 amide bonds. The van der Waals surface area contributed by atoms with Crippen LogP contribution in [0.25, 0.3) is 112 Å². The molecule has 14 aromatic rings. The number of aromatic nitrogens is 8. The molecule has 10 aromatic carbocycles. The molecule has 10 heteroatoms. The van der Waals surface area contributed by atoms with E-state index in [4.69, 9.17) is 19.7 Å². The average molecular weight is 1080 g/mol. The van der Waals surface area contributed by atoms with E-state index in [1.54, 1.807) is 0 Å². The van der Waals surface area contributed by atoms with Crippen LogP contribution in [0.4, 0.5) is 0 Å². The van der Waals surface area contributed by atoms with Crippen LogP contribution in [0.5, 0.6) is 11.5 Å². The molecule has 0 saturated heterocycles. The topological polar surface area (TPSA) is 124 Å². The van der Waals surface area contributed by atoms with Gasteiger partial charge in [-0.1, -0.05) is 134 Å². The van der Waals surface area contributed by atoms with Crippen molar-refractivity contribution < 1.29 is 37.4 Å². The SMILES string of the molecule is C.Cc1ccc(C2(c3ccc(-c4nc5cc(-c6ccc7nc(-c8ccc(Oc9ccc(-c%10nc%11cc(-c%12ccc%13nc(C)[nH]c%13c%12)ccc%11[nH]%10)cc9)cc8)[nH]c7c6)ccc5[nH]4)cc3)c3ccccc3-c3ccccc32)cc1.[Y]. The third-order valence-corrected chi connectivity index (χ3v) is 15.2. The summed E-state index contributed by atoms with van der Waals surface area (Å²) in [5.41, 5.74) is 23.4. The fraction of sp³-hybridized carbons (Fsp3) is 0.0588. The van der Waals surface area contributed by atoms with Gasteiger partial charge in [0.2, 0.25) is 0 Å². The Hall–Kier alpha value is -9.02. The molecular formula is C68H50N8OY. The van der Waals surface area contributed by atoms with Gasteiger partial charge in [-0.2, -0.15) is 0 Å². The van der Waals surface area contributed by atoms with Crippen LogP contribution in [-0.4, -0.2) is 39.9 Å². The number of hydrogen-bond donors (Lipinski definition) is 4. The summed E-state index contributed by atoms with van der Waals surface area (Å²) < 4.78 is 6.29. The Balaban J connectivity index is 0.00000289. The van der Waals surface area contributed by atoms with Crippen molar-refractivity contribution in [1.29, 1.82) is 0 Å². The normalized spacial score (nSPS) is 12.4. The van der Waals surface area contributed by atoms with Crippen LogP contribution in [0.2, 0.25) is 0 Å². The molecule has 1 aliphatic rings. The maximum atomic E-state index is 6.29. The number of ether oxygens (including phenoxy) is 1. The van der Waals surface area contributed by atoms with Crippen LogP contribution in [0.15, 0.2) is 218 Å². The zero-order valence-electron chi connectivity index (χ0n) is 42.1. The third-order valence-electron chi connectivity index (χ3n) is 15.2. The van der Waals surface area contributed by atoms with Crippen molar-refractivity contribution in [2.75, 3.05) is 0 Å². The van der Waals surface area contributed by atoms with E-state index in [9.17, 15) is 0 Å². The van der Waals surface area contributed by atoms with Crippen molar-refractivity contribution in [3.05, 3.63) is 252 Å². The van der Waals surface area contributed by atoms with Crippen molar-refractivity contribution in [3.63, 3.8) is 0 Å². The van der Waals surface area contributed by atoms with Gasteiger partial charge in [0.05, 0.1) is 49.5 Å². The van der Waals surface area contributed by atoms with E-state index in [1.807, 2.05) is 55.5 Å². The van der Waals surface area contributed by atoms with Crippen LogP contribution < -0.4 is 4.74 Å². The monoisotopic (exact) mass is 1080 g/mol. The van der Waals surface area contributed by atoms with Gasteiger partial charge in [0, 0.05) is 49.4 Å². The Morgan fingerprint density at radius 1 is 0.346 bits per heavy atom. The van der Waals surface area contributed by atoms with Crippen molar-refractivity contribution in [2.24, 2.45) is 0 Å². The molecule has 15 rings (SSSR count). The van der Waals surface area contributed by atoms with Gasteiger partial charge < -0.3 is 24.7 Å². The van der Waals surface area contributed by atoms with E-state index in [0.717, 1.165) is 118 Å². The molecule has 4 heterocycles. The molecule has 0 atom stereocenters. The number of H-pyrrole nitrogens is 4. The molecule has 4 N–H and O–H groups in total. The molecule has 0 unspecified atom stereocenters. The van der Waals surface area contributed by atoms with Crippen molar-refractivity contribution in [2.45, 2.75) is 26.7 Å². The number of imidazole rings is 4. The quantitative estimate of drug-likeness (QED) is 0.115. The maximum absolute atomic E-state index is 6.29. The first kappa shape index (κ1) is 48.6. The molecular weight excluding hydrogens is 1030 g/mol. The fourth-order valence-electron chi connectivity index (χ4n) is 11.5. The minimum absolute atomic E-state index is 0. The molecule has 0 bridgehead atoms. The molecule has 78 heavy (non-hydrogen) atoms. The average Bonchev–Trinajstić information content (AvgIpc) is 4.50. The van der Waals surface area contributed by atoms with Crippen LogP contribution in [-0.2, 0) is 38.1 Å². The number of aryl methyl sites for hydroxylation is 2. The Morgan fingerprint density at radius 2 is 0.731 bits per heavy atom. The standard InChI is InChI=1S/C67H46N8O.CH4.Y/c1-39-11-23-48(24-12-39)67(54-9-5-3-7-52(54)53-8-4-6-10-55(53)67)49-25-13-41(14-26-49)64-70-57-33-21-46(37-61(57)73-64)47-22-34-59-63(38-47)75-66(72-59)43-17-29-51(30-18-43)76-50-27-15-42(16-28-50)65-71-58-32-20-45(36-62(58)74-65)44-19-31-56-60(35-44)69-40(2)68-56;;/h3-38H,1-2H3,(H,68,69)(H,70,73)(H,71,74)(H,72,75);1H4;. The van der Waals surface area contributed by atoms with Gasteiger partial charge in [-0.25, -0.2) is 19.9 Å². The first-order valence-corrected chi connectivity index (χ1v) is 25.6. The summed E-state index contributed by atoms with van der Waals surface area (Å²) in [7, 11) is 0. The molecule has 4 aromatic heterocycles. The molecule has 1 radical (unpaired) electrons. The third kappa shape index (κ3) is 8.17. The van der Waals surface area contributed by atoms with Gasteiger partial charge in [-0.05, 0) is 167 Å². The molecule has 371 valence electrons. The number of nitrogens with zero attached hydrogens (tertiary/aromatic N) is 4. The minimum atomic E-state index is -0.446. The van der Waals surface area contributed by atoms with E-state index in [-0.39, 0.29) is 40.1 Å². The molecule has 0 spiro atoms. The smallest absolute Gasteiger partial charge is 0.138 e. The first-order chi connectivity index (χ1) is 37.4.